The summed E-state index contributed by atoms with van der Waals surface area (Å²) in [7, 11) is 0. The number of pyridine rings is 2. The van der Waals surface area contributed by atoms with E-state index >= 15 is 0 Å². The molecular weight excluding hydrogens is 176 g/mol. The Morgan fingerprint density at radius 3 is 0.857 bits per heavy atom. The maximum absolute atomic E-state index is 4.00. The molecule has 0 radical (unpaired) electrons. The highest BCUT2D eigenvalue weighted by atomic mass is 15.0. The summed E-state index contributed by atoms with van der Waals surface area (Å²) < 4.78 is 0. The Bertz CT molecular complexity index is 188. The van der Waals surface area contributed by atoms with Gasteiger partial charge in [0.25, 0.3) is 0 Å². The van der Waals surface area contributed by atoms with Crippen LogP contribution in [0, 0.1) is 0 Å². The second-order valence-corrected chi connectivity index (χ2v) is 2.05. The number of hydrogen-bond acceptors (Lipinski definition) is 4. The molecule has 2 heterocycles. The molecule has 0 atom stereocenters. The molecule has 14 heavy (non-hydrogen) atoms. The second kappa shape index (κ2) is 11.2. The highest BCUT2D eigenvalue weighted by molar-refractivity contribution is 4.88. The van der Waals surface area contributed by atoms with E-state index in [1.807, 2.05) is 36.4 Å². The van der Waals surface area contributed by atoms with Gasteiger partial charge in [0, 0.05) is 24.8 Å². The predicted molar refractivity (Wildman–Crippen MR) is 56.8 cm³/mol. The minimum atomic E-state index is 1.75. The van der Waals surface area contributed by atoms with Crippen molar-refractivity contribution >= 4 is 0 Å². The fraction of sp³-hybridized carbons (Fsp3) is 0. The highest BCUT2D eigenvalue weighted by Crippen LogP contribution is 1.74. The van der Waals surface area contributed by atoms with Gasteiger partial charge in [-0.1, -0.05) is 12.1 Å². The fourth-order valence-electron chi connectivity index (χ4n) is 0.625. The van der Waals surface area contributed by atoms with Crippen molar-refractivity contribution in [1.82, 2.24) is 9.97 Å². The van der Waals surface area contributed by atoms with Gasteiger partial charge in [-0.25, -0.2) is 0 Å². The zero-order valence-corrected chi connectivity index (χ0v) is 7.82. The molecule has 4 heteroatoms. The van der Waals surface area contributed by atoms with Crippen molar-refractivity contribution in [3.8, 4) is 0 Å². The Balaban J connectivity index is 0.000000206. The van der Waals surface area contributed by atoms with Crippen molar-refractivity contribution in [2.24, 2.45) is 11.7 Å². The molecule has 0 fully saturated rings. The van der Waals surface area contributed by atoms with Gasteiger partial charge in [-0.05, 0) is 24.3 Å². The zero-order chi connectivity index (χ0) is 10.5. The monoisotopic (exact) mass is 190 g/mol. The van der Waals surface area contributed by atoms with Gasteiger partial charge < -0.3 is 0 Å². The van der Waals surface area contributed by atoms with Crippen LogP contribution in [0.5, 0.6) is 0 Å². The van der Waals surface area contributed by atoms with Crippen LogP contribution in [0.25, 0.3) is 0 Å². The molecule has 2 aromatic heterocycles. The number of hydrazine groups is 1. The molecule has 0 saturated carbocycles. The minimum absolute atomic E-state index is 1.75. The summed E-state index contributed by atoms with van der Waals surface area (Å²) in [5.41, 5.74) is 0. The van der Waals surface area contributed by atoms with E-state index in [1.165, 1.54) is 0 Å². The number of aromatic nitrogens is 2. The van der Waals surface area contributed by atoms with Crippen LogP contribution < -0.4 is 11.7 Å². The van der Waals surface area contributed by atoms with E-state index in [2.05, 4.69) is 21.7 Å². The quantitative estimate of drug-likeness (QED) is 0.479. The molecule has 0 aliphatic carbocycles. The lowest BCUT2D eigenvalue weighted by Crippen LogP contribution is -2.02. The lowest BCUT2D eigenvalue weighted by molar-refractivity contribution is 1.26. The van der Waals surface area contributed by atoms with Crippen LogP contribution in [0.1, 0.15) is 0 Å². The molecule has 4 N–H and O–H groups in total. The maximum atomic E-state index is 4.00. The maximum Gasteiger partial charge on any atom is 0.0267 e. The largest absolute Gasteiger partial charge is 0.274 e. The van der Waals surface area contributed by atoms with Gasteiger partial charge in [-0.2, -0.15) is 0 Å². The molecule has 0 amide bonds. The van der Waals surface area contributed by atoms with Gasteiger partial charge in [-0.3, -0.25) is 21.7 Å². The van der Waals surface area contributed by atoms with E-state index in [4.69, 9.17) is 0 Å². The molecule has 0 bridgehead atoms. The van der Waals surface area contributed by atoms with E-state index in [0.29, 0.717) is 0 Å². The summed E-state index contributed by atoms with van der Waals surface area (Å²) in [5, 5.41) is 0. The van der Waals surface area contributed by atoms with Gasteiger partial charge in [-0.15, -0.1) is 0 Å². The van der Waals surface area contributed by atoms with E-state index in [-0.39, 0.29) is 0 Å². The molecule has 74 valence electrons. The van der Waals surface area contributed by atoms with Crippen LogP contribution >= 0.6 is 0 Å². The topological polar surface area (TPSA) is 77.8 Å². The molecule has 0 aliphatic rings. The number of nitrogens with zero attached hydrogens (tertiary/aromatic N) is 2. The molecule has 2 aromatic rings. The van der Waals surface area contributed by atoms with Crippen LogP contribution in [0.2, 0.25) is 0 Å². The third-order valence-electron chi connectivity index (χ3n) is 1.13. The van der Waals surface area contributed by atoms with Gasteiger partial charge in [0.1, 0.15) is 0 Å². The SMILES string of the molecule is NN.c1ccncc1.c1ccncc1. The lowest BCUT2D eigenvalue weighted by Gasteiger charge is -1.70. The van der Waals surface area contributed by atoms with Crippen molar-refractivity contribution in [3.63, 3.8) is 0 Å². The summed E-state index contributed by atoms with van der Waals surface area (Å²) in [5.74, 6) is 8.00. The van der Waals surface area contributed by atoms with Crippen LogP contribution in [0.4, 0.5) is 0 Å². The minimum Gasteiger partial charge on any atom is -0.274 e. The van der Waals surface area contributed by atoms with Crippen LogP contribution in [0.3, 0.4) is 0 Å². The first-order valence-corrected chi connectivity index (χ1v) is 4.03. The van der Waals surface area contributed by atoms with Crippen molar-refractivity contribution in [1.29, 1.82) is 0 Å². The van der Waals surface area contributed by atoms with Gasteiger partial charge in [0.15, 0.2) is 0 Å². The Morgan fingerprint density at radius 2 is 0.786 bits per heavy atom. The summed E-state index contributed by atoms with van der Waals surface area (Å²) >= 11 is 0. The average molecular weight is 190 g/mol. The van der Waals surface area contributed by atoms with Crippen molar-refractivity contribution < 1.29 is 0 Å². The van der Waals surface area contributed by atoms with Crippen molar-refractivity contribution in [2.45, 2.75) is 0 Å². The number of nitrogens with two attached hydrogens (primary N) is 2. The number of rotatable bonds is 0. The molecule has 0 spiro atoms. The van der Waals surface area contributed by atoms with Gasteiger partial charge in [0.05, 0.1) is 0 Å². The van der Waals surface area contributed by atoms with E-state index < -0.39 is 0 Å². The first-order chi connectivity index (χ1) is 7.00. The normalized spacial score (nSPS) is 7.29. The van der Waals surface area contributed by atoms with Crippen molar-refractivity contribution in [3.05, 3.63) is 61.2 Å². The molecule has 0 saturated heterocycles. The Morgan fingerprint density at radius 1 is 0.500 bits per heavy atom. The molecule has 4 nitrogen and oxygen atoms in total. The van der Waals surface area contributed by atoms with Crippen LogP contribution in [-0.2, 0) is 0 Å². The third kappa shape index (κ3) is 8.32. The highest BCUT2D eigenvalue weighted by Gasteiger charge is 1.59. The summed E-state index contributed by atoms with van der Waals surface area (Å²) in [6.07, 6.45) is 7.00. The van der Waals surface area contributed by atoms with Crippen molar-refractivity contribution in [2.75, 3.05) is 0 Å². The predicted octanol–water partition coefficient (Wildman–Crippen LogP) is 0.982. The smallest absolute Gasteiger partial charge is 0.0267 e. The van der Waals surface area contributed by atoms with E-state index in [9.17, 15) is 0 Å². The molecular formula is C10H14N4. The summed E-state index contributed by atoms with van der Waals surface area (Å²) in [6.45, 7) is 0. The van der Waals surface area contributed by atoms with Crippen LogP contribution in [-0.4, -0.2) is 9.97 Å². The zero-order valence-electron chi connectivity index (χ0n) is 7.82. The lowest BCUT2D eigenvalue weighted by atomic mass is 10.5. The number of hydrogen-bond donors (Lipinski definition) is 2. The Kier molecular flexibility index (Phi) is 9.79. The van der Waals surface area contributed by atoms with E-state index in [1.54, 1.807) is 24.8 Å². The van der Waals surface area contributed by atoms with Gasteiger partial charge in [0.2, 0.25) is 0 Å². The molecule has 0 aromatic carbocycles. The average Bonchev–Trinajstić information content (AvgIpc) is 2.37. The summed E-state index contributed by atoms with van der Waals surface area (Å²) in [4.78, 5) is 7.57. The molecule has 0 unspecified atom stereocenters. The fourth-order valence-corrected chi connectivity index (χ4v) is 0.625. The second-order valence-electron chi connectivity index (χ2n) is 2.05. The molecule has 0 aliphatic heterocycles. The first-order valence-electron chi connectivity index (χ1n) is 4.03. The van der Waals surface area contributed by atoms with Gasteiger partial charge >= 0.3 is 0 Å². The van der Waals surface area contributed by atoms with E-state index in [0.717, 1.165) is 0 Å². The first kappa shape index (κ1) is 12.2. The standard InChI is InChI=1S/2C5H5N.H4N2/c2*1-2-4-6-5-3-1;1-2/h2*1-5H;1-2H2. The molecule has 2 rings (SSSR count). The third-order valence-corrected chi connectivity index (χ3v) is 1.13. The Hall–Kier alpha value is -1.78. The Labute approximate surface area is 83.6 Å². The summed E-state index contributed by atoms with van der Waals surface area (Å²) in [6, 6.07) is 11.4. The van der Waals surface area contributed by atoms with Crippen LogP contribution in [0.15, 0.2) is 61.2 Å².